The molecule has 2 aromatic heterocycles. The van der Waals surface area contributed by atoms with E-state index in [1.807, 2.05) is 0 Å². The van der Waals surface area contributed by atoms with E-state index in [0.29, 0.717) is 24.4 Å². The standard InChI is InChI=1S/C24H17F5N4OS/c25-12-3-4-14(26)18(7-12)35-33-17-6-5-15(27)20(21(17)29)23(34)13-9-31-24-19(13)22(16(28)10-32-24)30-8-11-1-2-11/h3-7,9-11,33H,1-2,8H2,(H2,30,31,32). The summed E-state index contributed by atoms with van der Waals surface area (Å²) in [5, 5.41) is 3.07. The normalized spacial score (nSPS) is 13.3. The lowest BCUT2D eigenvalue weighted by Gasteiger charge is -2.12. The maximum absolute atomic E-state index is 15.3. The first-order valence-electron chi connectivity index (χ1n) is 10.6. The number of aromatic nitrogens is 2. The topological polar surface area (TPSA) is 69.8 Å². The Bertz CT molecular complexity index is 1450. The molecule has 3 N–H and O–H groups in total. The second-order valence-electron chi connectivity index (χ2n) is 8.12. The summed E-state index contributed by atoms with van der Waals surface area (Å²) in [5.74, 6) is -5.14. The van der Waals surface area contributed by atoms with Crippen LogP contribution in [0.25, 0.3) is 11.0 Å². The van der Waals surface area contributed by atoms with Gasteiger partial charge in [-0.1, -0.05) is 0 Å². The fourth-order valence-corrected chi connectivity index (χ4v) is 4.35. The van der Waals surface area contributed by atoms with Crippen LogP contribution in [-0.4, -0.2) is 22.3 Å². The molecule has 5 rings (SSSR count). The molecular formula is C24H17F5N4OS. The predicted molar refractivity (Wildman–Crippen MR) is 123 cm³/mol. The molecule has 1 aliphatic carbocycles. The van der Waals surface area contributed by atoms with E-state index >= 15 is 4.39 Å². The van der Waals surface area contributed by atoms with Gasteiger partial charge in [0.15, 0.2) is 11.6 Å². The largest absolute Gasteiger partial charge is 0.382 e. The van der Waals surface area contributed by atoms with Gasteiger partial charge in [0.1, 0.15) is 23.1 Å². The van der Waals surface area contributed by atoms with E-state index in [1.54, 1.807) is 0 Å². The van der Waals surface area contributed by atoms with Crippen molar-refractivity contribution in [3.05, 3.63) is 82.9 Å². The highest BCUT2D eigenvalue weighted by molar-refractivity contribution is 8.00. The summed E-state index contributed by atoms with van der Waals surface area (Å²) in [5.41, 5.74) is -1.16. The molecule has 5 nitrogen and oxygen atoms in total. The zero-order chi connectivity index (χ0) is 24.7. The number of pyridine rings is 1. The molecule has 0 unspecified atom stereocenters. The number of benzene rings is 2. The Kier molecular flexibility index (Phi) is 6.10. The monoisotopic (exact) mass is 504 g/mol. The number of rotatable bonds is 8. The van der Waals surface area contributed by atoms with Gasteiger partial charge in [-0.2, -0.15) is 0 Å². The molecule has 0 atom stereocenters. The third-order valence-electron chi connectivity index (χ3n) is 5.65. The molecular weight excluding hydrogens is 487 g/mol. The summed E-state index contributed by atoms with van der Waals surface area (Å²) in [4.78, 5) is 19.8. The van der Waals surface area contributed by atoms with Crippen LogP contribution in [0.1, 0.15) is 28.8 Å². The number of aromatic amines is 1. The van der Waals surface area contributed by atoms with Gasteiger partial charge >= 0.3 is 0 Å². The van der Waals surface area contributed by atoms with Gasteiger partial charge < -0.3 is 15.0 Å². The van der Waals surface area contributed by atoms with E-state index < -0.39 is 40.4 Å². The number of anilines is 2. The predicted octanol–water partition coefficient (Wildman–Crippen LogP) is 6.43. The molecule has 2 aromatic carbocycles. The third kappa shape index (κ3) is 4.55. The molecule has 11 heteroatoms. The Balaban J connectivity index is 1.50. The fraction of sp³-hybridized carbons (Fsp3) is 0.167. The number of nitrogens with zero attached hydrogens (tertiary/aromatic N) is 1. The number of H-pyrrole nitrogens is 1. The van der Waals surface area contributed by atoms with Gasteiger partial charge in [0.25, 0.3) is 0 Å². The summed E-state index contributed by atoms with van der Waals surface area (Å²) < 4.78 is 74.3. The Morgan fingerprint density at radius 2 is 1.83 bits per heavy atom. The molecule has 0 bridgehead atoms. The van der Waals surface area contributed by atoms with Crippen molar-refractivity contribution in [1.29, 1.82) is 0 Å². The van der Waals surface area contributed by atoms with Crippen molar-refractivity contribution in [3.63, 3.8) is 0 Å². The quantitative estimate of drug-likeness (QED) is 0.147. The van der Waals surface area contributed by atoms with Gasteiger partial charge in [0.05, 0.1) is 39.0 Å². The summed E-state index contributed by atoms with van der Waals surface area (Å²) in [6, 6.07) is 4.66. The third-order valence-corrected chi connectivity index (χ3v) is 6.50. The Labute approximate surface area is 200 Å². The van der Waals surface area contributed by atoms with Crippen LogP contribution < -0.4 is 10.0 Å². The van der Waals surface area contributed by atoms with Crippen molar-refractivity contribution in [2.45, 2.75) is 17.7 Å². The van der Waals surface area contributed by atoms with E-state index in [9.17, 15) is 22.4 Å². The van der Waals surface area contributed by atoms with Crippen molar-refractivity contribution >= 4 is 40.1 Å². The maximum Gasteiger partial charge on any atom is 0.201 e. The molecule has 0 radical (unpaired) electrons. The van der Waals surface area contributed by atoms with Crippen molar-refractivity contribution < 1.29 is 26.7 Å². The second-order valence-corrected chi connectivity index (χ2v) is 8.97. The molecule has 2 heterocycles. The van der Waals surface area contributed by atoms with Gasteiger partial charge in [-0.25, -0.2) is 26.9 Å². The first kappa shape index (κ1) is 23.2. The highest BCUT2D eigenvalue weighted by atomic mass is 32.2. The zero-order valence-electron chi connectivity index (χ0n) is 17.9. The number of ketones is 1. The number of hydrogen-bond acceptors (Lipinski definition) is 5. The Hall–Kier alpha value is -3.60. The van der Waals surface area contributed by atoms with Gasteiger partial charge in [0, 0.05) is 12.7 Å². The lowest BCUT2D eigenvalue weighted by Crippen LogP contribution is -2.11. The maximum atomic E-state index is 15.3. The van der Waals surface area contributed by atoms with Crippen LogP contribution >= 0.6 is 11.9 Å². The summed E-state index contributed by atoms with van der Waals surface area (Å²) in [6.07, 6.45) is 4.24. The van der Waals surface area contributed by atoms with Crippen LogP contribution in [0.5, 0.6) is 0 Å². The van der Waals surface area contributed by atoms with E-state index in [4.69, 9.17) is 0 Å². The van der Waals surface area contributed by atoms with Crippen LogP contribution in [-0.2, 0) is 0 Å². The van der Waals surface area contributed by atoms with Crippen molar-refractivity contribution in [2.75, 3.05) is 16.6 Å². The van der Waals surface area contributed by atoms with Gasteiger partial charge in [0.2, 0.25) is 5.78 Å². The van der Waals surface area contributed by atoms with E-state index in [0.717, 1.165) is 49.4 Å². The number of hydrogen-bond donors (Lipinski definition) is 3. The molecule has 0 saturated heterocycles. The smallest absolute Gasteiger partial charge is 0.201 e. The van der Waals surface area contributed by atoms with E-state index in [2.05, 4.69) is 20.0 Å². The highest BCUT2D eigenvalue weighted by Gasteiger charge is 2.28. The summed E-state index contributed by atoms with van der Waals surface area (Å²) in [7, 11) is 0. The van der Waals surface area contributed by atoms with Crippen molar-refractivity contribution in [3.8, 4) is 0 Å². The summed E-state index contributed by atoms with van der Waals surface area (Å²) >= 11 is 0.560. The van der Waals surface area contributed by atoms with E-state index in [-0.39, 0.29) is 32.9 Å². The lowest BCUT2D eigenvalue weighted by atomic mass is 10.0. The SMILES string of the molecule is O=C(c1c(F)ccc(NSc2cc(F)ccc2F)c1F)c1c[nH]c2ncc(F)c(NCC3CC3)c12. The average molecular weight is 504 g/mol. The zero-order valence-corrected chi connectivity index (χ0v) is 18.7. The average Bonchev–Trinajstić information content (AvgIpc) is 3.56. The molecule has 0 aliphatic heterocycles. The second kappa shape index (κ2) is 9.21. The minimum Gasteiger partial charge on any atom is -0.382 e. The number of nitrogens with one attached hydrogen (secondary N) is 3. The van der Waals surface area contributed by atoms with E-state index in [1.165, 1.54) is 6.20 Å². The Morgan fingerprint density at radius 3 is 2.60 bits per heavy atom. The van der Waals surface area contributed by atoms with Crippen LogP contribution in [0.2, 0.25) is 0 Å². The van der Waals surface area contributed by atoms with Gasteiger partial charge in [-0.05, 0) is 61.0 Å². The molecule has 35 heavy (non-hydrogen) atoms. The van der Waals surface area contributed by atoms with Crippen LogP contribution in [0, 0.1) is 35.0 Å². The Morgan fingerprint density at radius 1 is 1.06 bits per heavy atom. The molecule has 1 aliphatic rings. The number of halogens is 5. The van der Waals surface area contributed by atoms with Crippen LogP contribution in [0.4, 0.5) is 33.3 Å². The number of fused-ring (bicyclic) bond motifs is 1. The number of carbonyl (C=O) groups excluding carboxylic acids is 1. The summed E-state index contributed by atoms with van der Waals surface area (Å²) in [6.45, 7) is 0.491. The highest BCUT2D eigenvalue weighted by Crippen LogP contribution is 2.35. The van der Waals surface area contributed by atoms with Gasteiger partial charge in [-0.3, -0.25) is 4.79 Å². The minimum atomic E-state index is -1.23. The first-order valence-corrected chi connectivity index (χ1v) is 11.4. The molecule has 1 fully saturated rings. The first-order chi connectivity index (χ1) is 16.8. The minimum absolute atomic E-state index is 0.0266. The molecule has 0 spiro atoms. The molecule has 1 saturated carbocycles. The molecule has 180 valence electrons. The van der Waals surface area contributed by atoms with Crippen LogP contribution in [0.15, 0.2) is 47.6 Å². The van der Waals surface area contributed by atoms with Gasteiger partial charge in [-0.15, -0.1) is 0 Å². The fourth-order valence-electron chi connectivity index (χ4n) is 3.63. The lowest BCUT2D eigenvalue weighted by molar-refractivity contribution is 0.103. The molecule has 4 aromatic rings. The van der Waals surface area contributed by atoms with Crippen molar-refractivity contribution in [2.24, 2.45) is 5.92 Å². The molecule has 0 amide bonds. The van der Waals surface area contributed by atoms with Crippen molar-refractivity contribution in [1.82, 2.24) is 9.97 Å². The van der Waals surface area contributed by atoms with Crippen LogP contribution in [0.3, 0.4) is 0 Å². The number of carbonyl (C=O) groups is 1.